The van der Waals surface area contributed by atoms with Gasteiger partial charge < -0.3 is 21.1 Å². The SMILES string of the molecule is CC(C)(N)/C=C(\C#N)C(=O)N1CCC[C@H]1Cn1nc(-c2ccc(Oc3ccccc3)cc2F)c2c(N)ncnc21. The van der Waals surface area contributed by atoms with Crippen LogP contribution in [0.15, 0.2) is 66.5 Å². The molecule has 1 atom stereocenters. The summed E-state index contributed by atoms with van der Waals surface area (Å²) < 4.78 is 22.8. The van der Waals surface area contributed by atoms with Gasteiger partial charge in [0.1, 0.15) is 46.8 Å². The highest BCUT2D eigenvalue weighted by atomic mass is 19.1. The number of nitriles is 1. The van der Waals surface area contributed by atoms with E-state index < -0.39 is 11.4 Å². The van der Waals surface area contributed by atoms with E-state index in [0.29, 0.717) is 35.5 Å². The van der Waals surface area contributed by atoms with E-state index in [1.807, 2.05) is 24.3 Å². The molecule has 0 radical (unpaired) electrons. The number of benzene rings is 2. The monoisotopic (exact) mass is 540 g/mol. The maximum atomic E-state index is 15.4. The lowest BCUT2D eigenvalue weighted by atomic mass is 10.0. The molecule has 1 aliphatic rings. The number of carbonyl (C=O) groups excluding carboxylic acids is 1. The summed E-state index contributed by atoms with van der Waals surface area (Å²) in [7, 11) is 0. The fraction of sp³-hybridized carbons (Fsp3) is 0.276. The van der Waals surface area contributed by atoms with Gasteiger partial charge in [0.05, 0.1) is 18.0 Å². The zero-order valence-corrected chi connectivity index (χ0v) is 22.2. The van der Waals surface area contributed by atoms with Gasteiger partial charge in [-0.2, -0.15) is 10.4 Å². The average molecular weight is 541 g/mol. The predicted molar refractivity (Wildman–Crippen MR) is 148 cm³/mol. The Labute approximate surface area is 230 Å². The van der Waals surface area contributed by atoms with Crippen LogP contribution in [0, 0.1) is 17.1 Å². The third-order valence-corrected chi connectivity index (χ3v) is 6.62. The van der Waals surface area contributed by atoms with Crippen molar-refractivity contribution in [2.75, 3.05) is 12.3 Å². The molecular formula is C29H29FN8O2. The van der Waals surface area contributed by atoms with E-state index in [9.17, 15) is 10.1 Å². The number of likely N-dealkylation sites (tertiary alicyclic amines) is 1. The number of nitrogen functional groups attached to an aromatic ring is 1. The number of aromatic nitrogens is 4. The lowest BCUT2D eigenvalue weighted by Crippen LogP contribution is -2.40. The van der Waals surface area contributed by atoms with Gasteiger partial charge in [-0.25, -0.2) is 19.0 Å². The van der Waals surface area contributed by atoms with Crippen LogP contribution in [0.25, 0.3) is 22.3 Å². The molecule has 0 spiro atoms. The number of nitrogens with two attached hydrogens (primary N) is 2. The summed E-state index contributed by atoms with van der Waals surface area (Å²) in [4.78, 5) is 23.4. The number of hydrogen-bond acceptors (Lipinski definition) is 8. The van der Waals surface area contributed by atoms with E-state index in [1.165, 1.54) is 18.5 Å². The van der Waals surface area contributed by atoms with Crippen molar-refractivity contribution in [2.45, 2.75) is 44.8 Å². The number of anilines is 1. The second-order valence-electron chi connectivity index (χ2n) is 10.3. The van der Waals surface area contributed by atoms with E-state index in [0.717, 1.165) is 6.42 Å². The molecule has 0 bridgehead atoms. The fourth-order valence-corrected chi connectivity index (χ4v) is 4.88. The van der Waals surface area contributed by atoms with Crippen LogP contribution < -0.4 is 16.2 Å². The number of nitrogens with zero attached hydrogens (tertiary/aromatic N) is 6. The third kappa shape index (κ3) is 5.48. The van der Waals surface area contributed by atoms with Crippen LogP contribution in [0.3, 0.4) is 0 Å². The van der Waals surface area contributed by atoms with Crippen molar-refractivity contribution in [1.82, 2.24) is 24.6 Å². The molecule has 0 unspecified atom stereocenters. The van der Waals surface area contributed by atoms with Gasteiger partial charge in [0.2, 0.25) is 0 Å². The van der Waals surface area contributed by atoms with Crippen LogP contribution in [0.1, 0.15) is 26.7 Å². The van der Waals surface area contributed by atoms with Crippen molar-refractivity contribution < 1.29 is 13.9 Å². The summed E-state index contributed by atoms with van der Waals surface area (Å²) in [6.45, 7) is 4.22. The topological polar surface area (TPSA) is 149 Å². The van der Waals surface area contributed by atoms with Crippen molar-refractivity contribution in [3.8, 4) is 28.8 Å². The highest BCUT2D eigenvalue weighted by Crippen LogP contribution is 2.35. The smallest absolute Gasteiger partial charge is 0.264 e. The first-order valence-electron chi connectivity index (χ1n) is 12.9. The number of amides is 1. The Morgan fingerprint density at radius 3 is 2.70 bits per heavy atom. The average Bonchev–Trinajstić information content (AvgIpc) is 3.53. The summed E-state index contributed by atoms with van der Waals surface area (Å²) >= 11 is 0. The summed E-state index contributed by atoms with van der Waals surface area (Å²) in [5.74, 6) is 0.155. The van der Waals surface area contributed by atoms with Crippen LogP contribution in [0.2, 0.25) is 0 Å². The number of fused-ring (bicyclic) bond motifs is 1. The molecular weight excluding hydrogens is 511 g/mol. The number of para-hydroxylation sites is 1. The maximum Gasteiger partial charge on any atom is 0.264 e. The van der Waals surface area contributed by atoms with E-state index in [4.69, 9.17) is 21.3 Å². The van der Waals surface area contributed by atoms with Gasteiger partial charge in [-0.15, -0.1) is 0 Å². The fourth-order valence-electron chi connectivity index (χ4n) is 4.88. The summed E-state index contributed by atoms with van der Waals surface area (Å²) in [6.07, 6.45) is 4.27. The zero-order chi connectivity index (χ0) is 28.4. The van der Waals surface area contributed by atoms with Crippen LogP contribution in [0.5, 0.6) is 11.5 Å². The van der Waals surface area contributed by atoms with Gasteiger partial charge in [0.25, 0.3) is 5.91 Å². The predicted octanol–water partition coefficient (Wildman–Crippen LogP) is 4.19. The Kier molecular flexibility index (Phi) is 7.19. The molecule has 2 aromatic carbocycles. The highest BCUT2D eigenvalue weighted by molar-refractivity contribution is 5.99. The zero-order valence-electron chi connectivity index (χ0n) is 22.2. The first kappa shape index (κ1) is 26.8. The van der Waals surface area contributed by atoms with Crippen LogP contribution in [-0.2, 0) is 11.3 Å². The molecule has 2 aromatic heterocycles. The largest absolute Gasteiger partial charge is 0.457 e. The minimum Gasteiger partial charge on any atom is -0.457 e. The number of rotatable bonds is 7. The summed E-state index contributed by atoms with van der Waals surface area (Å²) in [5.41, 5.74) is 12.3. The van der Waals surface area contributed by atoms with E-state index >= 15 is 4.39 Å². The van der Waals surface area contributed by atoms with Gasteiger partial charge in [-0.1, -0.05) is 18.2 Å². The quantitative estimate of drug-likeness (QED) is 0.262. The first-order valence-corrected chi connectivity index (χ1v) is 12.9. The van der Waals surface area contributed by atoms with Crippen molar-refractivity contribution in [1.29, 1.82) is 5.26 Å². The molecule has 1 aliphatic heterocycles. The van der Waals surface area contributed by atoms with Crippen molar-refractivity contribution in [3.63, 3.8) is 0 Å². The summed E-state index contributed by atoms with van der Waals surface area (Å²) in [5, 5.41) is 14.7. The third-order valence-electron chi connectivity index (χ3n) is 6.62. The van der Waals surface area contributed by atoms with Crippen LogP contribution in [-0.4, -0.2) is 48.7 Å². The van der Waals surface area contributed by atoms with Crippen LogP contribution in [0.4, 0.5) is 10.2 Å². The lowest BCUT2D eigenvalue weighted by molar-refractivity contribution is -0.127. The van der Waals surface area contributed by atoms with Crippen LogP contribution >= 0.6 is 0 Å². The minimum atomic E-state index is -0.816. The molecule has 1 fully saturated rings. The maximum absolute atomic E-state index is 15.4. The number of carbonyl (C=O) groups is 1. The molecule has 0 aliphatic carbocycles. The van der Waals surface area contributed by atoms with Crippen molar-refractivity contribution in [2.24, 2.45) is 5.73 Å². The Morgan fingerprint density at radius 1 is 1.23 bits per heavy atom. The summed E-state index contributed by atoms with van der Waals surface area (Å²) in [6, 6.07) is 15.3. The molecule has 4 aromatic rings. The second-order valence-corrected chi connectivity index (χ2v) is 10.3. The molecule has 0 saturated carbocycles. The molecule has 1 saturated heterocycles. The molecule has 11 heteroatoms. The van der Waals surface area contributed by atoms with E-state index in [1.54, 1.807) is 47.7 Å². The van der Waals surface area contributed by atoms with Crippen molar-refractivity contribution in [3.05, 3.63) is 72.3 Å². The van der Waals surface area contributed by atoms with Gasteiger partial charge in [-0.05, 0) is 57.0 Å². The van der Waals surface area contributed by atoms with Gasteiger partial charge in [0, 0.05) is 23.7 Å². The Balaban J connectivity index is 1.48. The van der Waals surface area contributed by atoms with Crippen molar-refractivity contribution >= 4 is 22.8 Å². The molecule has 3 heterocycles. The Hall–Kier alpha value is -4.82. The normalized spacial score (nSPS) is 15.8. The molecule has 5 rings (SSSR count). The standard InChI is InChI=1S/C29H29FN8O2/c1-29(2,33)14-18(15-31)28(39)37-12-6-7-19(37)16-38-27-24(26(32)34-17-35-27)25(36-38)22-11-10-21(13-23(22)30)40-20-8-4-3-5-9-20/h3-5,8-11,13-14,17,19H,6-7,12,16,33H2,1-2H3,(H2,32,34,35)/b18-14+/t19-/m0/s1. The molecule has 204 valence electrons. The van der Waals surface area contributed by atoms with E-state index in [2.05, 4.69) is 9.97 Å². The Bertz CT molecular complexity index is 1640. The number of halogens is 1. The highest BCUT2D eigenvalue weighted by Gasteiger charge is 2.33. The lowest BCUT2D eigenvalue weighted by Gasteiger charge is -2.25. The second kappa shape index (κ2) is 10.7. The van der Waals surface area contributed by atoms with E-state index in [-0.39, 0.29) is 41.1 Å². The molecule has 40 heavy (non-hydrogen) atoms. The van der Waals surface area contributed by atoms with Gasteiger partial charge >= 0.3 is 0 Å². The molecule has 1 amide bonds. The number of hydrogen-bond donors (Lipinski definition) is 2. The Morgan fingerprint density at radius 2 is 2.00 bits per heavy atom. The minimum absolute atomic E-state index is 0.00290. The van der Waals surface area contributed by atoms with Gasteiger partial charge in [0.15, 0.2) is 5.65 Å². The molecule has 10 nitrogen and oxygen atoms in total. The number of ether oxygens (including phenoxy) is 1. The molecule has 4 N–H and O–H groups in total. The first-order chi connectivity index (χ1) is 19.1. The van der Waals surface area contributed by atoms with Gasteiger partial charge in [-0.3, -0.25) is 4.79 Å².